The molecule has 1 fully saturated rings. The predicted octanol–water partition coefficient (Wildman–Crippen LogP) is 6.24. The lowest BCUT2D eigenvalue weighted by Gasteiger charge is -2.38. The van der Waals surface area contributed by atoms with E-state index in [0.29, 0.717) is 18.2 Å². The van der Waals surface area contributed by atoms with Gasteiger partial charge in [0.2, 0.25) is 0 Å². The Morgan fingerprint density at radius 2 is 2.06 bits per heavy atom. The van der Waals surface area contributed by atoms with Gasteiger partial charge in [-0.25, -0.2) is 0 Å². The van der Waals surface area contributed by atoms with E-state index in [1.54, 1.807) is 0 Å². The van der Waals surface area contributed by atoms with Gasteiger partial charge >= 0.3 is 0 Å². The highest BCUT2D eigenvalue weighted by Gasteiger charge is 2.27. The molecule has 172 valence electrons. The minimum absolute atomic E-state index is 0.110. The first-order valence-electron chi connectivity index (χ1n) is 12.3. The second-order valence-corrected chi connectivity index (χ2v) is 9.22. The molecule has 33 heavy (non-hydrogen) atoms. The molecule has 5 heteroatoms. The molecular weight excluding hydrogens is 410 g/mol. The first kappa shape index (κ1) is 21.8. The molecule has 5 rings (SSSR count). The van der Waals surface area contributed by atoms with E-state index in [4.69, 9.17) is 4.74 Å². The Hall–Kier alpha value is -3.05. The van der Waals surface area contributed by atoms with Crippen molar-refractivity contribution in [1.29, 1.82) is 0 Å². The number of aromatic amines is 1. The van der Waals surface area contributed by atoms with E-state index in [2.05, 4.69) is 46.5 Å². The smallest absolute Gasteiger partial charge is 0.255 e. The van der Waals surface area contributed by atoms with Crippen LogP contribution in [0.2, 0.25) is 0 Å². The highest BCUT2D eigenvalue weighted by Crippen LogP contribution is 2.35. The predicted molar refractivity (Wildman–Crippen MR) is 135 cm³/mol. The normalized spacial score (nSPS) is 18.6. The molecule has 2 aliphatic rings. The zero-order chi connectivity index (χ0) is 22.6. The van der Waals surface area contributed by atoms with Crippen LogP contribution in [0.5, 0.6) is 5.75 Å². The molecule has 0 aliphatic carbocycles. The van der Waals surface area contributed by atoms with E-state index >= 15 is 0 Å². The van der Waals surface area contributed by atoms with Crippen LogP contribution in [0.4, 0.5) is 5.69 Å². The van der Waals surface area contributed by atoms with Crippen molar-refractivity contribution < 1.29 is 9.53 Å². The molecule has 0 radical (unpaired) electrons. The summed E-state index contributed by atoms with van der Waals surface area (Å²) in [6, 6.07) is 14.1. The quantitative estimate of drug-likeness (QED) is 0.425. The molecule has 0 spiro atoms. The van der Waals surface area contributed by atoms with Crippen LogP contribution in [0.25, 0.3) is 16.5 Å². The minimum Gasteiger partial charge on any atom is -0.494 e. The van der Waals surface area contributed by atoms with Gasteiger partial charge in [0.1, 0.15) is 5.75 Å². The van der Waals surface area contributed by atoms with Gasteiger partial charge in [0, 0.05) is 46.5 Å². The molecule has 0 saturated carbocycles. The van der Waals surface area contributed by atoms with Gasteiger partial charge < -0.3 is 15.0 Å². The van der Waals surface area contributed by atoms with E-state index in [-0.39, 0.29) is 5.91 Å². The second kappa shape index (κ2) is 9.84. The Morgan fingerprint density at radius 3 is 2.91 bits per heavy atom. The highest BCUT2D eigenvalue weighted by molar-refractivity contribution is 6.05. The molecule has 1 unspecified atom stereocenters. The van der Waals surface area contributed by atoms with Gasteiger partial charge in [0.05, 0.1) is 6.61 Å². The molecule has 1 saturated heterocycles. The number of hydrogen-bond donors (Lipinski definition) is 2. The van der Waals surface area contributed by atoms with Crippen molar-refractivity contribution in [1.82, 2.24) is 9.88 Å². The molecule has 2 N–H and O–H groups in total. The molecule has 1 aromatic heterocycles. The standard InChI is InChI=1S/C28H33N3O2/c1-2-3-16-33-24-10-7-20(8-11-24)28(32)30-22-9-12-27-25(18-22)26(19-29-27)21-13-15-31-14-5-4-6-23(31)17-21/h7-13,18-19,23,29H,2-6,14-17H2,1H3,(H,30,32). The number of fused-ring (bicyclic) bond motifs is 2. The monoisotopic (exact) mass is 443 g/mol. The lowest BCUT2D eigenvalue weighted by Crippen LogP contribution is -2.41. The summed E-state index contributed by atoms with van der Waals surface area (Å²) in [6.45, 7) is 5.11. The van der Waals surface area contributed by atoms with Gasteiger partial charge in [-0.1, -0.05) is 25.8 Å². The fourth-order valence-corrected chi connectivity index (χ4v) is 5.02. The number of hydrogen-bond acceptors (Lipinski definition) is 3. The van der Waals surface area contributed by atoms with E-state index in [9.17, 15) is 4.79 Å². The number of benzene rings is 2. The first-order chi connectivity index (χ1) is 16.2. The fourth-order valence-electron chi connectivity index (χ4n) is 5.02. The topological polar surface area (TPSA) is 57.4 Å². The number of aromatic nitrogens is 1. The molecule has 3 aromatic rings. The van der Waals surface area contributed by atoms with Crippen LogP contribution in [0.1, 0.15) is 61.4 Å². The molecule has 1 atom stereocenters. The van der Waals surface area contributed by atoms with Crippen LogP contribution >= 0.6 is 0 Å². The average molecular weight is 444 g/mol. The highest BCUT2D eigenvalue weighted by atomic mass is 16.5. The number of rotatable bonds is 7. The molecular formula is C28H33N3O2. The van der Waals surface area contributed by atoms with Gasteiger partial charge in [-0.2, -0.15) is 0 Å². The van der Waals surface area contributed by atoms with E-state index in [1.807, 2.05) is 30.3 Å². The number of unbranched alkanes of at least 4 members (excludes halogenated alkanes) is 1. The Morgan fingerprint density at radius 1 is 1.18 bits per heavy atom. The maximum absolute atomic E-state index is 12.8. The van der Waals surface area contributed by atoms with Crippen LogP contribution in [-0.4, -0.2) is 41.5 Å². The Labute approximate surface area is 195 Å². The number of nitrogens with one attached hydrogen (secondary N) is 2. The lowest BCUT2D eigenvalue weighted by molar-refractivity contribution is 0.102. The molecule has 0 bridgehead atoms. The molecule has 2 aromatic carbocycles. The first-order valence-corrected chi connectivity index (χ1v) is 12.3. The Bertz CT molecular complexity index is 1150. The van der Waals surface area contributed by atoms with Crippen molar-refractivity contribution in [3.63, 3.8) is 0 Å². The maximum Gasteiger partial charge on any atom is 0.255 e. The van der Waals surface area contributed by atoms with Gasteiger partial charge in [-0.3, -0.25) is 9.69 Å². The van der Waals surface area contributed by atoms with E-state index in [0.717, 1.165) is 42.8 Å². The SMILES string of the molecule is CCCCOc1ccc(C(=O)Nc2ccc3[nH]cc(C4=CCN5CCCCC5C4)c3c2)cc1. The summed E-state index contributed by atoms with van der Waals surface area (Å²) in [4.78, 5) is 18.9. The zero-order valence-electron chi connectivity index (χ0n) is 19.4. The molecule has 2 aliphatic heterocycles. The van der Waals surface area contributed by atoms with E-state index < -0.39 is 0 Å². The van der Waals surface area contributed by atoms with Crippen molar-refractivity contribution >= 4 is 28.1 Å². The number of carbonyl (C=O) groups is 1. The number of carbonyl (C=O) groups excluding carboxylic acids is 1. The van der Waals surface area contributed by atoms with E-state index in [1.165, 1.54) is 42.3 Å². The number of piperidine rings is 1. The Balaban J connectivity index is 1.30. The second-order valence-electron chi connectivity index (χ2n) is 9.22. The third-order valence-corrected chi connectivity index (χ3v) is 6.95. The molecule has 3 heterocycles. The maximum atomic E-state index is 12.8. The largest absolute Gasteiger partial charge is 0.494 e. The van der Waals surface area contributed by atoms with Gasteiger partial charge in [-0.15, -0.1) is 0 Å². The van der Waals surface area contributed by atoms with Crippen LogP contribution in [-0.2, 0) is 0 Å². The third-order valence-electron chi connectivity index (χ3n) is 6.95. The van der Waals surface area contributed by atoms with Gasteiger partial charge in [0.15, 0.2) is 0 Å². The number of amides is 1. The summed E-state index contributed by atoms with van der Waals surface area (Å²) in [5.41, 5.74) is 5.22. The summed E-state index contributed by atoms with van der Waals surface area (Å²) in [5, 5.41) is 4.24. The summed E-state index contributed by atoms with van der Waals surface area (Å²) < 4.78 is 5.70. The zero-order valence-corrected chi connectivity index (χ0v) is 19.4. The summed E-state index contributed by atoms with van der Waals surface area (Å²) in [5.74, 6) is 0.692. The van der Waals surface area contributed by atoms with Crippen LogP contribution in [0.15, 0.2) is 54.7 Å². The number of H-pyrrole nitrogens is 1. The van der Waals surface area contributed by atoms with Crippen molar-refractivity contribution in [3.05, 3.63) is 65.9 Å². The van der Waals surface area contributed by atoms with Crippen LogP contribution in [0, 0.1) is 0 Å². The fraction of sp³-hybridized carbons (Fsp3) is 0.393. The lowest BCUT2D eigenvalue weighted by atomic mass is 9.89. The van der Waals surface area contributed by atoms with Gasteiger partial charge in [-0.05, 0) is 80.3 Å². The molecule has 5 nitrogen and oxygen atoms in total. The van der Waals surface area contributed by atoms with Crippen molar-refractivity contribution in [2.45, 2.75) is 51.5 Å². The third kappa shape index (κ3) is 4.83. The van der Waals surface area contributed by atoms with Crippen molar-refractivity contribution in [2.24, 2.45) is 0 Å². The number of anilines is 1. The average Bonchev–Trinajstić information content (AvgIpc) is 3.27. The molecule has 1 amide bonds. The van der Waals surface area contributed by atoms with Crippen molar-refractivity contribution in [2.75, 3.05) is 25.0 Å². The van der Waals surface area contributed by atoms with Crippen LogP contribution < -0.4 is 10.1 Å². The summed E-state index contributed by atoms with van der Waals surface area (Å²) in [6.07, 6.45) is 11.7. The Kier molecular flexibility index (Phi) is 6.49. The minimum atomic E-state index is -0.110. The van der Waals surface area contributed by atoms with Crippen LogP contribution in [0.3, 0.4) is 0 Å². The van der Waals surface area contributed by atoms with Gasteiger partial charge in [0.25, 0.3) is 5.91 Å². The number of nitrogens with zero attached hydrogens (tertiary/aromatic N) is 1. The summed E-state index contributed by atoms with van der Waals surface area (Å²) >= 11 is 0. The van der Waals surface area contributed by atoms with Crippen molar-refractivity contribution in [3.8, 4) is 5.75 Å². The summed E-state index contributed by atoms with van der Waals surface area (Å²) in [7, 11) is 0. The number of ether oxygens (including phenoxy) is 1.